The zero-order chi connectivity index (χ0) is 14.3. The molecule has 0 N–H and O–H groups in total. The molecule has 0 bridgehead atoms. The van der Waals surface area contributed by atoms with Crippen molar-refractivity contribution in [1.82, 2.24) is 0 Å². The Labute approximate surface area is 115 Å². The van der Waals surface area contributed by atoms with Crippen LogP contribution in [-0.4, -0.2) is 19.7 Å². The molecule has 0 fully saturated rings. The first-order valence-electron chi connectivity index (χ1n) is 6.58. The monoisotopic (exact) mass is 262 g/mol. The van der Waals surface area contributed by atoms with Gasteiger partial charge in [-0.1, -0.05) is 32.9 Å². The highest BCUT2D eigenvalue weighted by Crippen LogP contribution is 2.21. The highest BCUT2D eigenvalue weighted by Gasteiger charge is 2.04. The Balaban J connectivity index is 2.79. The molecule has 3 nitrogen and oxygen atoms in total. The predicted molar refractivity (Wildman–Crippen MR) is 77.1 cm³/mol. The summed E-state index contributed by atoms with van der Waals surface area (Å²) in [6.45, 7) is 6.95. The molecule has 0 heterocycles. The summed E-state index contributed by atoms with van der Waals surface area (Å²) in [6, 6.07) is 7.79. The molecule has 0 aliphatic carbocycles. The minimum Gasteiger partial charge on any atom is -0.493 e. The Kier molecular flexibility index (Phi) is 6.13. The number of hydrogen-bond donors (Lipinski definition) is 0. The van der Waals surface area contributed by atoms with Gasteiger partial charge < -0.3 is 9.47 Å². The van der Waals surface area contributed by atoms with Gasteiger partial charge in [-0.05, 0) is 35.6 Å². The van der Waals surface area contributed by atoms with Gasteiger partial charge in [-0.3, -0.25) is 0 Å². The molecule has 1 aromatic carbocycles. The molecule has 0 unspecified atom stereocenters. The SMILES string of the molecule is CCC(=CC(=O)OC)c1ccc(OCC(C)C)cc1. The summed E-state index contributed by atoms with van der Waals surface area (Å²) >= 11 is 0. The minimum atomic E-state index is -0.322. The van der Waals surface area contributed by atoms with Gasteiger partial charge in [0, 0.05) is 6.08 Å². The Morgan fingerprint density at radius 2 is 1.89 bits per heavy atom. The van der Waals surface area contributed by atoms with Gasteiger partial charge in [0.2, 0.25) is 0 Å². The van der Waals surface area contributed by atoms with Gasteiger partial charge in [-0.15, -0.1) is 0 Å². The first-order chi connectivity index (χ1) is 9.06. The fourth-order valence-corrected chi connectivity index (χ4v) is 1.62. The lowest BCUT2D eigenvalue weighted by Gasteiger charge is -2.10. The first kappa shape index (κ1) is 15.3. The van der Waals surface area contributed by atoms with Crippen molar-refractivity contribution in [2.75, 3.05) is 13.7 Å². The van der Waals surface area contributed by atoms with E-state index in [0.29, 0.717) is 12.5 Å². The van der Waals surface area contributed by atoms with Gasteiger partial charge in [-0.25, -0.2) is 4.79 Å². The summed E-state index contributed by atoms with van der Waals surface area (Å²) in [5.41, 5.74) is 1.98. The smallest absolute Gasteiger partial charge is 0.330 e. The third-order valence-electron chi connectivity index (χ3n) is 2.68. The average molecular weight is 262 g/mol. The summed E-state index contributed by atoms with van der Waals surface area (Å²) in [5.74, 6) is 1.04. The fourth-order valence-electron chi connectivity index (χ4n) is 1.62. The zero-order valence-electron chi connectivity index (χ0n) is 12.1. The standard InChI is InChI=1S/C16H22O3/c1-5-13(10-16(17)18-4)14-6-8-15(9-7-14)19-11-12(2)3/h6-10,12H,5,11H2,1-4H3. The van der Waals surface area contributed by atoms with Crippen molar-refractivity contribution in [3.63, 3.8) is 0 Å². The lowest BCUT2D eigenvalue weighted by atomic mass is 10.0. The Hall–Kier alpha value is -1.77. The van der Waals surface area contributed by atoms with Crippen LogP contribution in [0.2, 0.25) is 0 Å². The molecule has 0 amide bonds. The molecule has 0 saturated carbocycles. The van der Waals surface area contributed by atoms with Gasteiger partial charge >= 0.3 is 5.97 Å². The van der Waals surface area contributed by atoms with E-state index in [-0.39, 0.29) is 5.97 Å². The number of ether oxygens (including phenoxy) is 2. The first-order valence-corrected chi connectivity index (χ1v) is 6.58. The van der Waals surface area contributed by atoms with Crippen molar-refractivity contribution in [2.45, 2.75) is 27.2 Å². The van der Waals surface area contributed by atoms with Crippen LogP contribution in [0.1, 0.15) is 32.8 Å². The van der Waals surface area contributed by atoms with Crippen LogP contribution in [0.5, 0.6) is 5.75 Å². The van der Waals surface area contributed by atoms with Crippen LogP contribution in [-0.2, 0) is 9.53 Å². The number of hydrogen-bond acceptors (Lipinski definition) is 3. The van der Waals surface area contributed by atoms with Crippen molar-refractivity contribution in [3.8, 4) is 5.75 Å². The van der Waals surface area contributed by atoms with Crippen LogP contribution < -0.4 is 4.74 Å². The Morgan fingerprint density at radius 1 is 1.26 bits per heavy atom. The molecule has 0 aliphatic heterocycles. The maximum Gasteiger partial charge on any atom is 0.330 e. The van der Waals surface area contributed by atoms with E-state index in [9.17, 15) is 4.79 Å². The van der Waals surface area contributed by atoms with E-state index in [1.165, 1.54) is 13.2 Å². The quantitative estimate of drug-likeness (QED) is 0.579. The van der Waals surface area contributed by atoms with E-state index in [4.69, 9.17) is 4.74 Å². The molecule has 0 aromatic heterocycles. The molecule has 0 radical (unpaired) electrons. The van der Waals surface area contributed by atoms with Gasteiger partial charge in [-0.2, -0.15) is 0 Å². The second-order valence-electron chi connectivity index (χ2n) is 4.78. The minimum absolute atomic E-state index is 0.322. The number of carbonyl (C=O) groups is 1. The van der Waals surface area contributed by atoms with Crippen LogP contribution in [0.25, 0.3) is 5.57 Å². The topological polar surface area (TPSA) is 35.5 Å². The van der Waals surface area contributed by atoms with E-state index >= 15 is 0 Å². The van der Waals surface area contributed by atoms with Gasteiger partial charge in [0.05, 0.1) is 13.7 Å². The molecule has 0 spiro atoms. The largest absolute Gasteiger partial charge is 0.493 e. The number of esters is 1. The maximum absolute atomic E-state index is 11.3. The van der Waals surface area contributed by atoms with Crippen molar-refractivity contribution < 1.29 is 14.3 Å². The normalized spacial score (nSPS) is 11.5. The van der Waals surface area contributed by atoms with Gasteiger partial charge in [0.25, 0.3) is 0 Å². The third-order valence-corrected chi connectivity index (χ3v) is 2.68. The Morgan fingerprint density at radius 3 is 2.37 bits per heavy atom. The third kappa shape index (κ3) is 5.16. The van der Waals surface area contributed by atoms with Gasteiger partial charge in [0.15, 0.2) is 0 Å². The van der Waals surface area contributed by atoms with Crippen molar-refractivity contribution in [1.29, 1.82) is 0 Å². The lowest BCUT2D eigenvalue weighted by Crippen LogP contribution is -2.04. The van der Waals surface area contributed by atoms with Crippen LogP contribution >= 0.6 is 0 Å². The van der Waals surface area contributed by atoms with Crippen LogP contribution in [0.4, 0.5) is 0 Å². The van der Waals surface area contributed by atoms with E-state index in [1.54, 1.807) is 0 Å². The van der Waals surface area contributed by atoms with Crippen LogP contribution in [0.15, 0.2) is 30.3 Å². The highest BCUT2D eigenvalue weighted by molar-refractivity contribution is 5.91. The van der Waals surface area contributed by atoms with Crippen LogP contribution in [0.3, 0.4) is 0 Å². The summed E-state index contributed by atoms with van der Waals surface area (Å²) in [6.07, 6.45) is 2.31. The molecule has 0 saturated heterocycles. The molecular weight excluding hydrogens is 240 g/mol. The van der Waals surface area contributed by atoms with E-state index < -0.39 is 0 Å². The number of allylic oxidation sites excluding steroid dienone is 1. The highest BCUT2D eigenvalue weighted by atomic mass is 16.5. The zero-order valence-corrected chi connectivity index (χ0v) is 12.1. The molecule has 1 rings (SSSR count). The molecule has 0 aliphatic rings. The predicted octanol–water partition coefficient (Wildman–Crippen LogP) is 3.69. The molecule has 0 atom stereocenters. The van der Waals surface area contributed by atoms with E-state index in [1.807, 2.05) is 31.2 Å². The summed E-state index contributed by atoms with van der Waals surface area (Å²) in [4.78, 5) is 11.3. The van der Waals surface area contributed by atoms with E-state index in [0.717, 1.165) is 23.3 Å². The maximum atomic E-state index is 11.3. The van der Waals surface area contributed by atoms with Crippen molar-refractivity contribution in [2.24, 2.45) is 5.92 Å². The lowest BCUT2D eigenvalue weighted by molar-refractivity contribution is -0.134. The number of benzene rings is 1. The van der Waals surface area contributed by atoms with Crippen molar-refractivity contribution in [3.05, 3.63) is 35.9 Å². The Bertz CT molecular complexity index is 430. The van der Waals surface area contributed by atoms with Crippen molar-refractivity contribution >= 4 is 11.5 Å². The molecule has 3 heteroatoms. The second-order valence-corrected chi connectivity index (χ2v) is 4.78. The number of methoxy groups -OCH3 is 1. The molecule has 104 valence electrons. The van der Waals surface area contributed by atoms with Crippen LogP contribution in [0, 0.1) is 5.92 Å². The number of rotatable bonds is 6. The molecule has 1 aromatic rings. The number of carbonyl (C=O) groups excluding carboxylic acids is 1. The summed E-state index contributed by atoms with van der Waals surface area (Å²) in [5, 5.41) is 0. The van der Waals surface area contributed by atoms with Gasteiger partial charge in [0.1, 0.15) is 5.75 Å². The average Bonchev–Trinajstić information content (AvgIpc) is 2.42. The van der Waals surface area contributed by atoms with E-state index in [2.05, 4.69) is 18.6 Å². The summed E-state index contributed by atoms with van der Waals surface area (Å²) < 4.78 is 10.3. The fraction of sp³-hybridized carbons (Fsp3) is 0.438. The molecule has 19 heavy (non-hydrogen) atoms. The second kappa shape index (κ2) is 7.62. The molecular formula is C16H22O3. The summed E-state index contributed by atoms with van der Waals surface area (Å²) in [7, 11) is 1.38.